The molecule has 4 N–H and O–H groups in total. The largest absolute Gasteiger partial charge is 0.507 e. The first-order valence-corrected chi connectivity index (χ1v) is 12.0. The second-order valence-corrected chi connectivity index (χ2v) is 8.31. The van der Waals surface area contributed by atoms with Crippen LogP contribution in [0.3, 0.4) is 0 Å². The number of hydrogen-bond acceptors (Lipinski definition) is 10. The molecule has 210 valence electrons. The second-order valence-electron chi connectivity index (χ2n) is 8.31. The van der Waals surface area contributed by atoms with Crippen molar-refractivity contribution in [2.24, 2.45) is 10.2 Å². The third-order valence-corrected chi connectivity index (χ3v) is 5.41. The van der Waals surface area contributed by atoms with E-state index in [4.69, 9.17) is 18.9 Å². The number of nitrogens with zero attached hydrogens (tertiary/aromatic N) is 2. The van der Waals surface area contributed by atoms with E-state index in [0.29, 0.717) is 34.1 Å². The fraction of sp³-hybridized carbons (Fsp3) is 0.214. The predicted molar refractivity (Wildman–Crippen MR) is 147 cm³/mol. The van der Waals surface area contributed by atoms with E-state index in [0.717, 1.165) is 0 Å². The van der Waals surface area contributed by atoms with E-state index >= 15 is 0 Å². The molecule has 12 heteroatoms. The highest BCUT2D eigenvalue weighted by atomic mass is 16.5. The minimum atomic E-state index is -0.880. The molecule has 0 spiro atoms. The summed E-state index contributed by atoms with van der Waals surface area (Å²) in [5, 5.41) is 27.5. The third-order valence-electron chi connectivity index (χ3n) is 5.41. The summed E-state index contributed by atoms with van der Waals surface area (Å²) in [4.78, 5) is 24.6. The van der Waals surface area contributed by atoms with Crippen molar-refractivity contribution in [2.75, 3.05) is 14.2 Å². The van der Waals surface area contributed by atoms with Gasteiger partial charge < -0.3 is 29.2 Å². The van der Waals surface area contributed by atoms with Gasteiger partial charge in [-0.25, -0.2) is 10.9 Å². The van der Waals surface area contributed by atoms with Crippen LogP contribution in [-0.2, 0) is 9.59 Å². The SMILES string of the molecule is COc1ccc(O)c(/C=N/NC(=O)C(C)Oc2ccc(OC(C)C(=O)N/N=C/c3cc(OC)ccc3O)cc2)c1. The molecule has 40 heavy (non-hydrogen) atoms. The van der Waals surface area contributed by atoms with Crippen LogP contribution >= 0.6 is 0 Å². The number of carbonyl (C=O) groups excluding carboxylic acids is 2. The number of aromatic hydroxyl groups is 2. The Morgan fingerprint density at radius 2 is 1.02 bits per heavy atom. The van der Waals surface area contributed by atoms with Gasteiger partial charge in [0.1, 0.15) is 34.5 Å². The van der Waals surface area contributed by atoms with E-state index in [2.05, 4.69) is 21.1 Å². The molecule has 3 aromatic rings. The minimum Gasteiger partial charge on any atom is -0.507 e. The normalized spacial score (nSPS) is 12.5. The van der Waals surface area contributed by atoms with Gasteiger partial charge in [0.2, 0.25) is 0 Å². The number of amides is 2. The molecule has 2 atom stereocenters. The molecule has 0 saturated carbocycles. The van der Waals surface area contributed by atoms with Gasteiger partial charge in [-0.2, -0.15) is 10.2 Å². The first-order chi connectivity index (χ1) is 19.2. The molecule has 2 unspecified atom stereocenters. The van der Waals surface area contributed by atoms with E-state index in [9.17, 15) is 19.8 Å². The molecule has 0 aliphatic rings. The number of phenols is 2. The number of methoxy groups -OCH3 is 2. The van der Waals surface area contributed by atoms with Crippen LogP contribution in [0, 0.1) is 0 Å². The van der Waals surface area contributed by atoms with Crippen LogP contribution in [0.15, 0.2) is 70.9 Å². The molecule has 0 radical (unpaired) electrons. The number of hydrogen-bond donors (Lipinski definition) is 4. The Hall–Kier alpha value is -5.26. The van der Waals surface area contributed by atoms with Gasteiger partial charge in [-0.3, -0.25) is 9.59 Å². The average Bonchev–Trinajstić information content (AvgIpc) is 2.95. The molecule has 12 nitrogen and oxygen atoms in total. The number of hydrazone groups is 2. The van der Waals surface area contributed by atoms with Crippen LogP contribution < -0.4 is 29.8 Å². The van der Waals surface area contributed by atoms with E-state index in [1.165, 1.54) is 38.8 Å². The zero-order chi connectivity index (χ0) is 29.1. The Morgan fingerprint density at radius 1 is 0.675 bits per heavy atom. The number of ether oxygens (including phenoxy) is 4. The lowest BCUT2D eigenvalue weighted by molar-refractivity contribution is -0.128. The Bertz CT molecular complexity index is 1270. The molecule has 0 fully saturated rings. The van der Waals surface area contributed by atoms with E-state index in [1.807, 2.05) is 0 Å². The maximum Gasteiger partial charge on any atom is 0.280 e. The molecular formula is C28H30N4O8. The van der Waals surface area contributed by atoms with Crippen LogP contribution in [0.4, 0.5) is 0 Å². The van der Waals surface area contributed by atoms with Crippen LogP contribution in [0.5, 0.6) is 34.5 Å². The molecule has 2 amide bonds. The fourth-order valence-corrected chi connectivity index (χ4v) is 3.15. The van der Waals surface area contributed by atoms with Crippen LogP contribution in [0.25, 0.3) is 0 Å². The first kappa shape index (κ1) is 29.3. The number of nitrogens with one attached hydrogen (secondary N) is 2. The van der Waals surface area contributed by atoms with Gasteiger partial charge in [0.05, 0.1) is 26.6 Å². The van der Waals surface area contributed by atoms with Crippen molar-refractivity contribution in [2.45, 2.75) is 26.1 Å². The van der Waals surface area contributed by atoms with Crippen molar-refractivity contribution in [1.29, 1.82) is 0 Å². The Morgan fingerprint density at radius 3 is 1.38 bits per heavy atom. The molecule has 3 aromatic carbocycles. The zero-order valence-corrected chi connectivity index (χ0v) is 22.3. The first-order valence-electron chi connectivity index (χ1n) is 12.0. The van der Waals surface area contributed by atoms with Gasteiger partial charge in [0.25, 0.3) is 11.8 Å². The molecule has 0 saturated heterocycles. The number of rotatable bonds is 12. The topological polar surface area (TPSA) is 160 Å². The monoisotopic (exact) mass is 550 g/mol. The summed E-state index contributed by atoms with van der Waals surface area (Å²) in [6.07, 6.45) is 0.823. The lowest BCUT2D eigenvalue weighted by atomic mass is 10.2. The molecule has 3 rings (SSSR count). The lowest BCUT2D eigenvalue weighted by Gasteiger charge is -2.15. The van der Waals surface area contributed by atoms with Crippen LogP contribution in [-0.4, -0.2) is 60.9 Å². The van der Waals surface area contributed by atoms with E-state index in [-0.39, 0.29) is 11.5 Å². The van der Waals surface area contributed by atoms with Gasteiger partial charge in [-0.1, -0.05) is 0 Å². The van der Waals surface area contributed by atoms with Crippen molar-refractivity contribution >= 4 is 24.2 Å². The van der Waals surface area contributed by atoms with Gasteiger partial charge in [-0.15, -0.1) is 0 Å². The third kappa shape index (κ3) is 8.38. The van der Waals surface area contributed by atoms with E-state index in [1.54, 1.807) is 62.4 Å². The number of benzene rings is 3. The van der Waals surface area contributed by atoms with Crippen molar-refractivity contribution in [1.82, 2.24) is 10.9 Å². The molecule has 0 heterocycles. The van der Waals surface area contributed by atoms with Crippen molar-refractivity contribution in [3.63, 3.8) is 0 Å². The van der Waals surface area contributed by atoms with Crippen molar-refractivity contribution < 1.29 is 38.7 Å². The molecule has 0 aliphatic heterocycles. The summed E-state index contributed by atoms with van der Waals surface area (Å²) in [7, 11) is 3.00. The summed E-state index contributed by atoms with van der Waals surface area (Å²) in [6.45, 7) is 3.10. The van der Waals surface area contributed by atoms with Gasteiger partial charge >= 0.3 is 0 Å². The van der Waals surface area contributed by atoms with Crippen molar-refractivity contribution in [3.8, 4) is 34.5 Å². The molecule has 0 aliphatic carbocycles. The predicted octanol–water partition coefficient (Wildman–Crippen LogP) is 2.95. The van der Waals surface area contributed by atoms with Gasteiger partial charge in [-0.05, 0) is 74.5 Å². The quantitative estimate of drug-likeness (QED) is 0.198. The number of carbonyl (C=O) groups is 2. The second kappa shape index (κ2) is 14.0. The summed E-state index contributed by atoms with van der Waals surface area (Å²) < 4.78 is 21.5. The molecular weight excluding hydrogens is 520 g/mol. The van der Waals surface area contributed by atoms with Crippen LogP contribution in [0.1, 0.15) is 25.0 Å². The van der Waals surface area contributed by atoms with Gasteiger partial charge in [0, 0.05) is 11.1 Å². The lowest BCUT2D eigenvalue weighted by Crippen LogP contribution is -2.33. The van der Waals surface area contributed by atoms with Gasteiger partial charge in [0.15, 0.2) is 12.2 Å². The van der Waals surface area contributed by atoms with E-state index < -0.39 is 24.0 Å². The maximum atomic E-state index is 12.3. The Balaban J connectivity index is 1.47. The van der Waals surface area contributed by atoms with Crippen LogP contribution in [0.2, 0.25) is 0 Å². The minimum absolute atomic E-state index is 0.0153. The van der Waals surface area contributed by atoms with Crippen molar-refractivity contribution in [3.05, 3.63) is 71.8 Å². The fourth-order valence-electron chi connectivity index (χ4n) is 3.15. The Kier molecular flexibility index (Phi) is 10.3. The summed E-state index contributed by atoms with van der Waals surface area (Å²) >= 11 is 0. The molecule has 0 aromatic heterocycles. The zero-order valence-electron chi connectivity index (χ0n) is 22.3. The maximum absolute atomic E-state index is 12.3. The standard InChI is InChI=1S/C28H30N4O8/c1-17(27(35)31-29-15-19-13-23(37-3)9-11-25(19)33)39-21-5-7-22(8-6-21)40-18(2)28(36)32-30-16-20-14-24(38-4)10-12-26(20)34/h5-18,33-34H,1-4H3,(H,31,35)(H,32,36)/b29-15+,30-16+. The highest BCUT2D eigenvalue weighted by Crippen LogP contribution is 2.22. The summed E-state index contributed by atoms with van der Waals surface area (Å²) in [5.41, 5.74) is 5.45. The Labute approximate surface area is 230 Å². The highest BCUT2D eigenvalue weighted by molar-refractivity contribution is 5.87. The molecule has 0 bridgehead atoms. The summed E-state index contributed by atoms with van der Waals surface area (Å²) in [5.74, 6) is 0.803. The average molecular weight is 551 g/mol. The highest BCUT2D eigenvalue weighted by Gasteiger charge is 2.16. The number of phenolic OH excluding ortho intramolecular Hbond substituents is 2. The summed E-state index contributed by atoms with van der Waals surface area (Å²) in [6, 6.07) is 15.6. The smallest absolute Gasteiger partial charge is 0.280 e.